The van der Waals surface area contributed by atoms with Crippen molar-refractivity contribution in [2.75, 3.05) is 6.61 Å². The van der Waals surface area contributed by atoms with Gasteiger partial charge in [0.05, 0.1) is 13.0 Å². The molecule has 168 valence electrons. The minimum absolute atomic E-state index is 0.133. The molecule has 0 fully saturated rings. The molecule has 0 heterocycles. The maximum absolute atomic E-state index is 12.2. The van der Waals surface area contributed by atoms with Gasteiger partial charge in [-0.15, -0.1) is 0 Å². The van der Waals surface area contributed by atoms with Crippen LogP contribution >= 0.6 is 0 Å². The maximum Gasteiger partial charge on any atom is 0.513 e. The number of carbonyl (C=O) groups is 2. The predicted molar refractivity (Wildman–Crippen MR) is 119 cm³/mol. The van der Waals surface area contributed by atoms with Crippen LogP contribution in [0.25, 0.3) is 0 Å². The number of rotatable bonds is 9. The molecule has 0 atom stereocenters. The smallest absolute Gasteiger partial charge is 0.488 e. The molecule has 2 aromatic carbocycles. The lowest BCUT2D eigenvalue weighted by atomic mass is 9.78. The van der Waals surface area contributed by atoms with Crippen LogP contribution in [0, 0.1) is 19.8 Å². The number of aryl methyl sites for hydroxylation is 1. The number of carboxylic acids is 1. The Bertz CT molecular complexity index is 915. The van der Waals surface area contributed by atoms with Gasteiger partial charge in [-0.25, -0.2) is 4.79 Å². The second-order valence-electron chi connectivity index (χ2n) is 8.81. The molecule has 2 aromatic rings. The van der Waals surface area contributed by atoms with E-state index < -0.39 is 17.5 Å². The number of hydrogen-bond acceptors (Lipinski definition) is 5. The molecule has 0 aliphatic carbocycles. The first-order valence-electron chi connectivity index (χ1n) is 10.4. The van der Waals surface area contributed by atoms with Crippen molar-refractivity contribution in [1.82, 2.24) is 0 Å². The van der Waals surface area contributed by atoms with E-state index in [2.05, 4.69) is 0 Å². The van der Waals surface area contributed by atoms with E-state index in [1.165, 1.54) is 0 Å². The van der Waals surface area contributed by atoms with Gasteiger partial charge in [-0.05, 0) is 42.5 Å². The van der Waals surface area contributed by atoms with Crippen LogP contribution in [-0.4, -0.2) is 23.8 Å². The Kier molecular flexibility index (Phi) is 8.08. The average Bonchev–Trinajstić information content (AvgIpc) is 2.65. The van der Waals surface area contributed by atoms with Crippen molar-refractivity contribution >= 4 is 12.1 Å². The molecule has 0 aliphatic heterocycles. The standard InChI is InChI=1S/C25H32O6/c1-16(2)14-30-24(28)31-20-12-17(3)23(29-15-19-10-8-7-9-11-19)18(4)22(20)25(5,6)13-21(26)27/h7-12,16H,13-15H2,1-6H3,(H,26,27). The summed E-state index contributed by atoms with van der Waals surface area (Å²) in [5.74, 6) is 0.181. The lowest BCUT2D eigenvalue weighted by Gasteiger charge is -2.29. The van der Waals surface area contributed by atoms with E-state index in [9.17, 15) is 14.7 Å². The number of ether oxygens (including phenoxy) is 3. The van der Waals surface area contributed by atoms with Crippen molar-refractivity contribution in [3.8, 4) is 11.5 Å². The first-order valence-corrected chi connectivity index (χ1v) is 10.4. The van der Waals surface area contributed by atoms with Gasteiger partial charge in [-0.1, -0.05) is 58.0 Å². The van der Waals surface area contributed by atoms with Gasteiger partial charge in [0.1, 0.15) is 18.1 Å². The Morgan fingerprint density at radius 2 is 1.74 bits per heavy atom. The minimum Gasteiger partial charge on any atom is -0.488 e. The van der Waals surface area contributed by atoms with E-state index in [-0.39, 0.29) is 18.9 Å². The monoisotopic (exact) mass is 428 g/mol. The highest BCUT2D eigenvalue weighted by Crippen LogP contribution is 2.43. The number of hydrogen-bond donors (Lipinski definition) is 1. The Labute approximate surface area is 184 Å². The highest BCUT2D eigenvalue weighted by atomic mass is 16.7. The van der Waals surface area contributed by atoms with Crippen LogP contribution in [0.2, 0.25) is 0 Å². The summed E-state index contributed by atoms with van der Waals surface area (Å²) >= 11 is 0. The Hall–Kier alpha value is -3.02. The third-order valence-corrected chi connectivity index (χ3v) is 4.89. The molecular formula is C25H32O6. The highest BCUT2D eigenvalue weighted by Gasteiger charge is 2.32. The first-order chi connectivity index (χ1) is 14.5. The minimum atomic E-state index is -0.940. The van der Waals surface area contributed by atoms with Crippen molar-refractivity contribution < 1.29 is 28.9 Å². The molecule has 0 amide bonds. The van der Waals surface area contributed by atoms with Gasteiger partial charge in [0, 0.05) is 11.0 Å². The van der Waals surface area contributed by atoms with Crippen LogP contribution in [0.4, 0.5) is 4.79 Å². The van der Waals surface area contributed by atoms with Gasteiger partial charge in [0.15, 0.2) is 0 Å². The molecule has 0 aromatic heterocycles. The molecule has 0 aliphatic rings. The molecule has 0 unspecified atom stereocenters. The average molecular weight is 429 g/mol. The Balaban J connectivity index is 2.44. The molecule has 0 saturated heterocycles. The SMILES string of the molecule is Cc1cc(OC(=O)OCC(C)C)c(C(C)(C)CC(=O)O)c(C)c1OCc1ccccc1. The normalized spacial score (nSPS) is 11.3. The second-order valence-corrected chi connectivity index (χ2v) is 8.81. The molecule has 1 N–H and O–H groups in total. The number of benzene rings is 2. The number of carboxylic acid groups (broad SMARTS) is 1. The van der Waals surface area contributed by atoms with Gasteiger partial charge in [-0.2, -0.15) is 0 Å². The molecular weight excluding hydrogens is 396 g/mol. The van der Waals surface area contributed by atoms with Crippen LogP contribution in [0.5, 0.6) is 11.5 Å². The number of carbonyl (C=O) groups excluding carboxylic acids is 1. The molecule has 2 rings (SSSR count). The summed E-state index contributed by atoms with van der Waals surface area (Å²) < 4.78 is 16.8. The predicted octanol–water partition coefficient (Wildman–Crippen LogP) is 5.81. The fraction of sp³-hybridized carbons (Fsp3) is 0.440. The van der Waals surface area contributed by atoms with Gasteiger partial charge in [-0.3, -0.25) is 4.79 Å². The van der Waals surface area contributed by atoms with Gasteiger partial charge < -0.3 is 19.3 Å². The van der Waals surface area contributed by atoms with E-state index in [1.54, 1.807) is 6.07 Å². The van der Waals surface area contributed by atoms with E-state index >= 15 is 0 Å². The molecule has 0 bridgehead atoms. The Morgan fingerprint density at radius 1 is 1.10 bits per heavy atom. The molecule has 31 heavy (non-hydrogen) atoms. The third kappa shape index (κ3) is 6.74. The molecule has 0 radical (unpaired) electrons. The van der Waals surface area contributed by atoms with E-state index in [0.717, 1.165) is 16.7 Å². The molecule has 6 heteroatoms. The fourth-order valence-electron chi connectivity index (χ4n) is 3.62. The lowest BCUT2D eigenvalue weighted by Crippen LogP contribution is -2.25. The van der Waals surface area contributed by atoms with Crippen LogP contribution in [-0.2, 0) is 21.6 Å². The van der Waals surface area contributed by atoms with Gasteiger partial charge in [0.25, 0.3) is 0 Å². The zero-order valence-electron chi connectivity index (χ0n) is 19.2. The van der Waals surface area contributed by atoms with Gasteiger partial charge >= 0.3 is 12.1 Å². The highest BCUT2D eigenvalue weighted by molar-refractivity contribution is 5.71. The summed E-state index contributed by atoms with van der Waals surface area (Å²) in [5.41, 5.74) is 2.36. The van der Waals surface area contributed by atoms with Crippen molar-refractivity contribution in [2.45, 2.75) is 60.0 Å². The van der Waals surface area contributed by atoms with Crippen molar-refractivity contribution in [1.29, 1.82) is 0 Å². The van der Waals surface area contributed by atoms with E-state index in [1.807, 2.05) is 71.9 Å². The van der Waals surface area contributed by atoms with Crippen LogP contribution in [0.15, 0.2) is 36.4 Å². The quantitative estimate of drug-likeness (QED) is 0.401. The van der Waals surface area contributed by atoms with Crippen molar-refractivity contribution in [3.63, 3.8) is 0 Å². The van der Waals surface area contributed by atoms with Crippen LogP contribution in [0.3, 0.4) is 0 Å². The first kappa shape index (κ1) is 24.3. The van der Waals surface area contributed by atoms with Crippen LogP contribution < -0.4 is 9.47 Å². The van der Waals surface area contributed by atoms with Crippen LogP contribution in [0.1, 0.15) is 56.4 Å². The zero-order chi connectivity index (χ0) is 23.2. The Morgan fingerprint density at radius 3 is 2.32 bits per heavy atom. The summed E-state index contributed by atoms with van der Waals surface area (Å²) in [4.78, 5) is 23.8. The molecule has 0 saturated carbocycles. The fourth-order valence-corrected chi connectivity index (χ4v) is 3.62. The number of aliphatic carboxylic acids is 1. The summed E-state index contributed by atoms with van der Waals surface area (Å²) in [6, 6.07) is 11.5. The zero-order valence-corrected chi connectivity index (χ0v) is 19.2. The second kappa shape index (κ2) is 10.3. The summed E-state index contributed by atoms with van der Waals surface area (Å²) in [6.45, 7) is 11.8. The van der Waals surface area contributed by atoms with Crippen molar-refractivity contribution in [3.05, 3.63) is 58.7 Å². The summed E-state index contributed by atoms with van der Waals surface area (Å²) in [6.07, 6.45) is -0.940. The van der Waals surface area contributed by atoms with Crippen molar-refractivity contribution in [2.24, 2.45) is 5.92 Å². The maximum atomic E-state index is 12.2. The molecule has 6 nitrogen and oxygen atoms in total. The van der Waals surface area contributed by atoms with Gasteiger partial charge in [0.2, 0.25) is 0 Å². The van der Waals surface area contributed by atoms with E-state index in [4.69, 9.17) is 14.2 Å². The molecule has 0 spiro atoms. The largest absolute Gasteiger partial charge is 0.513 e. The third-order valence-electron chi connectivity index (χ3n) is 4.89. The van der Waals surface area contributed by atoms with E-state index in [0.29, 0.717) is 23.7 Å². The summed E-state index contributed by atoms with van der Waals surface area (Å²) in [5, 5.41) is 9.43. The lowest BCUT2D eigenvalue weighted by molar-refractivity contribution is -0.138. The summed E-state index contributed by atoms with van der Waals surface area (Å²) in [7, 11) is 0. The topological polar surface area (TPSA) is 82.1 Å².